The molecule has 0 saturated carbocycles. The topological polar surface area (TPSA) is 9.23 Å². The maximum atomic E-state index is 13.0. The third kappa shape index (κ3) is 2.59. The summed E-state index contributed by atoms with van der Waals surface area (Å²) in [6, 6.07) is 1.39. The van der Waals surface area contributed by atoms with E-state index in [1.165, 1.54) is 6.92 Å². The van der Waals surface area contributed by atoms with Crippen molar-refractivity contribution in [2.24, 2.45) is 0 Å². The van der Waals surface area contributed by atoms with Crippen LogP contribution in [-0.4, -0.2) is 12.5 Å². The SMILES string of the molecule is Cc1cc(F)c(OC(F)(F)C(F)F)c(F)c1. The Hall–Kier alpha value is -1.40. The Morgan fingerprint density at radius 3 is 1.94 bits per heavy atom. The quantitative estimate of drug-likeness (QED) is 0.739. The van der Waals surface area contributed by atoms with E-state index in [2.05, 4.69) is 4.74 Å². The highest BCUT2D eigenvalue weighted by Gasteiger charge is 2.45. The van der Waals surface area contributed by atoms with Crippen LogP contribution in [-0.2, 0) is 0 Å². The third-order valence-corrected chi connectivity index (χ3v) is 1.63. The second-order valence-corrected chi connectivity index (χ2v) is 3.02. The van der Waals surface area contributed by atoms with Crippen molar-refractivity contribution >= 4 is 0 Å². The van der Waals surface area contributed by atoms with Crippen LogP contribution in [0.3, 0.4) is 0 Å². The Morgan fingerprint density at radius 1 is 1.12 bits per heavy atom. The molecule has 0 N–H and O–H groups in total. The maximum Gasteiger partial charge on any atom is 0.461 e. The fourth-order valence-electron chi connectivity index (χ4n) is 0.965. The molecule has 1 rings (SSSR count). The van der Waals surface area contributed by atoms with E-state index in [4.69, 9.17) is 0 Å². The van der Waals surface area contributed by atoms with Crippen LogP contribution in [0.5, 0.6) is 5.75 Å². The van der Waals surface area contributed by atoms with E-state index >= 15 is 0 Å². The first-order valence-corrected chi connectivity index (χ1v) is 4.04. The number of rotatable bonds is 3. The van der Waals surface area contributed by atoms with E-state index in [-0.39, 0.29) is 5.56 Å². The molecular formula is C9H6F6O. The normalized spacial score (nSPS) is 12.0. The molecule has 0 unspecified atom stereocenters. The van der Waals surface area contributed by atoms with Gasteiger partial charge in [0, 0.05) is 0 Å². The van der Waals surface area contributed by atoms with Crippen molar-refractivity contribution in [2.45, 2.75) is 19.5 Å². The van der Waals surface area contributed by atoms with Crippen LogP contribution < -0.4 is 4.74 Å². The average Bonchev–Trinajstić information content (AvgIpc) is 2.11. The van der Waals surface area contributed by atoms with Crippen molar-refractivity contribution in [3.63, 3.8) is 0 Å². The van der Waals surface area contributed by atoms with Crippen molar-refractivity contribution in [1.29, 1.82) is 0 Å². The molecule has 0 bridgehead atoms. The smallest absolute Gasteiger partial charge is 0.422 e. The molecule has 0 saturated heterocycles. The van der Waals surface area contributed by atoms with Crippen molar-refractivity contribution in [3.8, 4) is 5.75 Å². The molecule has 0 aliphatic rings. The molecule has 0 atom stereocenters. The average molecular weight is 244 g/mol. The van der Waals surface area contributed by atoms with Crippen molar-refractivity contribution in [3.05, 3.63) is 29.3 Å². The first-order chi connectivity index (χ1) is 7.24. The molecule has 0 aliphatic heterocycles. The molecule has 16 heavy (non-hydrogen) atoms. The fraction of sp³-hybridized carbons (Fsp3) is 0.333. The Kier molecular flexibility index (Phi) is 3.35. The van der Waals surface area contributed by atoms with E-state index in [0.29, 0.717) is 12.1 Å². The Morgan fingerprint density at radius 2 is 1.56 bits per heavy atom. The summed E-state index contributed by atoms with van der Waals surface area (Å²) < 4.78 is 77.5. The molecule has 1 nitrogen and oxygen atoms in total. The molecule has 0 fully saturated rings. The maximum absolute atomic E-state index is 13.0. The van der Waals surface area contributed by atoms with Gasteiger partial charge >= 0.3 is 12.5 Å². The summed E-state index contributed by atoms with van der Waals surface area (Å²) in [6.45, 7) is 1.31. The minimum atomic E-state index is -4.93. The van der Waals surface area contributed by atoms with Crippen LogP contribution in [0.1, 0.15) is 5.56 Å². The number of benzene rings is 1. The molecule has 0 spiro atoms. The van der Waals surface area contributed by atoms with Gasteiger partial charge in [-0.2, -0.15) is 17.6 Å². The second-order valence-electron chi connectivity index (χ2n) is 3.02. The number of hydrogen-bond acceptors (Lipinski definition) is 1. The highest BCUT2D eigenvalue weighted by Crippen LogP contribution is 2.31. The lowest BCUT2D eigenvalue weighted by Crippen LogP contribution is -2.34. The van der Waals surface area contributed by atoms with E-state index in [0.717, 1.165) is 0 Å². The molecule has 1 aromatic carbocycles. The zero-order valence-corrected chi connectivity index (χ0v) is 7.91. The zero-order chi connectivity index (χ0) is 12.5. The largest absolute Gasteiger partial charge is 0.461 e. The van der Waals surface area contributed by atoms with Gasteiger partial charge in [0.25, 0.3) is 0 Å². The fourth-order valence-corrected chi connectivity index (χ4v) is 0.965. The van der Waals surface area contributed by atoms with Crippen LogP contribution in [0.15, 0.2) is 12.1 Å². The van der Waals surface area contributed by atoms with E-state index in [1.54, 1.807) is 0 Å². The van der Waals surface area contributed by atoms with Crippen LogP contribution in [0, 0.1) is 18.6 Å². The number of hydrogen-bond donors (Lipinski definition) is 0. The molecule has 0 aromatic heterocycles. The van der Waals surface area contributed by atoms with Gasteiger partial charge in [0.2, 0.25) is 0 Å². The van der Waals surface area contributed by atoms with E-state index in [1.807, 2.05) is 0 Å². The van der Waals surface area contributed by atoms with Gasteiger partial charge in [-0.15, -0.1) is 0 Å². The first-order valence-electron chi connectivity index (χ1n) is 4.04. The van der Waals surface area contributed by atoms with Gasteiger partial charge < -0.3 is 4.74 Å². The van der Waals surface area contributed by atoms with Crippen molar-refractivity contribution in [1.82, 2.24) is 0 Å². The van der Waals surface area contributed by atoms with Gasteiger partial charge in [-0.1, -0.05) is 0 Å². The van der Waals surface area contributed by atoms with Crippen molar-refractivity contribution in [2.75, 3.05) is 0 Å². The molecule has 1 aromatic rings. The second kappa shape index (κ2) is 4.23. The van der Waals surface area contributed by atoms with Gasteiger partial charge in [-0.3, -0.25) is 0 Å². The summed E-state index contributed by atoms with van der Waals surface area (Å²) in [5.41, 5.74) is 0.114. The van der Waals surface area contributed by atoms with Gasteiger partial charge in [0.15, 0.2) is 17.4 Å². The Labute approximate surface area is 86.6 Å². The highest BCUT2D eigenvalue weighted by molar-refractivity contribution is 5.30. The summed E-state index contributed by atoms with van der Waals surface area (Å²) >= 11 is 0. The molecular weight excluding hydrogens is 238 g/mol. The van der Waals surface area contributed by atoms with E-state index in [9.17, 15) is 26.3 Å². The standard InChI is InChI=1S/C9H6F6O/c1-4-2-5(10)7(6(11)3-4)16-9(14,15)8(12)13/h2-3,8H,1H3. The van der Waals surface area contributed by atoms with Gasteiger partial charge in [-0.25, -0.2) is 8.78 Å². The summed E-state index contributed by atoms with van der Waals surface area (Å²) in [4.78, 5) is 0. The van der Waals surface area contributed by atoms with E-state index < -0.39 is 29.9 Å². The van der Waals surface area contributed by atoms with Crippen LogP contribution in [0.4, 0.5) is 26.3 Å². The minimum Gasteiger partial charge on any atom is -0.422 e. The monoisotopic (exact) mass is 244 g/mol. The number of halogens is 6. The summed E-state index contributed by atoms with van der Waals surface area (Å²) in [5, 5.41) is 0. The van der Waals surface area contributed by atoms with Crippen LogP contribution in [0.2, 0.25) is 0 Å². The van der Waals surface area contributed by atoms with Gasteiger partial charge in [0.05, 0.1) is 0 Å². The highest BCUT2D eigenvalue weighted by atomic mass is 19.3. The third-order valence-electron chi connectivity index (χ3n) is 1.63. The van der Waals surface area contributed by atoms with Crippen molar-refractivity contribution < 1.29 is 31.1 Å². The predicted molar refractivity (Wildman–Crippen MR) is 42.7 cm³/mol. The number of aryl methyl sites for hydroxylation is 1. The minimum absolute atomic E-state index is 0.114. The summed E-state index contributed by atoms with van der Waals surface area (Å²) in [6.07, 6.45) is -9.11. The molecule has 0 heterocycles. The number of alkyl halides is 4. The summed E-state index contributed by atoms with van der Waals surface area (Å²) in [5.74, 6) is -4.44. The lowest BCUT2D eigenvalue weighted by atomic mass is 10.2. The van der Waals surface area contributed by atoms with Crippen LogP contribution >= 0.6 is 0 Å². The molecule has 7 heteroatoms. The Balaban J connectivity index is 3.07. The lowest BCUT2D eigenvalue weighted by molar-refractivity contribution is -0.255. The Bertz CT molecular complexity index is 367. The predicted octanol–water partition coefficient (Wildman–Crippen LogP) is 3.51. The van der Waals surface area contributed by atoms with Gasteiger partial charge in [0.1, 0.15) is 0 Å². The molecule has 90 valence electrons. The van der Waals surface area contributed by atoms with Gasteiger partial charge in [-0.05, 0) is 24.6 Å². The summed E-state index contributed by atoms with van der Waals surface area (Å²) in [7, 11) is 0. The first kappa shape index (κ1) is 12.7. The zero-order valence-electron chi connectivity index (χ0n) is 7.91. The van der Waals surface area contributed by atoms with Crippen LogP contribution in [0.25, 0.3) is 0 Å². The number of ether oxygens (including phenoxy) is 1. The lowest BCUT2D eigenvalue weighted by Gasteiger charge is -2.17. The molecule has 0 aliphatic carbocycles. The molecule has 0 amide bonds. The molecule has 0 radical (unpaired) electrons.